The number of aromatic nitrogens is 1. The standard InChI is InChI=1S/C23H26F2N6O5/c1-13(30-22(34)15-4-3-5-26-10-15)21(33)28-7-6-27-20-18(24)8-16(9-19(20)25)31-12-17(36-23(31)35)11-29-14(2)32/h3-5,8-10,13,17,27H,6-7,11-12H2,1-2H3,(H,28,33)(H,29,32)(H,30,34)/t13-,17-/m0/s1. The molecule has 2 atom stereocenters. The maximum absolute atomic E-state index is 14.6. The van der Waals surface area contributed by atoms with E-state index in [1.54, 1.807) is 12.1 Å². The minimum atomic E-state index is -0.938. The SMILES string of the molecule is CC(=O)NC[C@H]1CN(c2cc(F)c(NCCNC(=O)[C@H](C)NC(=O)c3cccnc3)c(F)c2)C(=O)O1. The molecule has 4 amide bonds. The Morgan fingerprint density at radius 3 is 2.56 bits per heavy atom. The minimum absolute atomic E-state index is 0.00720. The molecular formula is C23H26F2N6O5. The maximum atomic E-state index is 14.6. The zero-order chi connectivity index (χ0) is 26.2. The molecular weight excluding hydrogens is 478 g/mol. The normalized spacial score (nSPS) is 15.6. The Balaban J connectivity index is 1.48. The number of hydrogen-bond acceptors (Lipinski definition) is 7. The summed E-state index contributed by atoms with van der Waals surface area (Å²) in [6, 6.07) is 4.28. The Morgan fingerprint density at radius 1 is 1.19 bits per heavy atom. The maximum Gasteiger partial charge on any atom is 0.414 e. The molecule has 1 aliphatic rings. The van der Waals surface area contributed by atoms with E-state index in [1.807, 2.05) is 0 Å². The van der Waals surface area contributed by atoms with Gasteiger partial charge in [0.05, 0.1) is 24.3 Å². The van der Waals surface area contributed by atoms with Gasteiger partial charge in [0, 0.05) is 44.5 Å². The van der Waals surface area contributed by atoms with E-state index in [0.717, 1.165) is 17.0 Å². The van der Waals surface area contributed by atoms with Crippen LogP contribution in [0, 0.1) is 11.6 Å². The lowest BCUT2D eigenvalue weighted by Crippen LogP contribution is -2.45. The van der Waals surface area contributed by atoms with E-state index < -0.39 is 47.4 Å². The zero-order valence-corrected chi connectivity index (χ0v) is 19.6. The van der Waals surface area contributed by atoms with Crippen molar-refractivity contribution in [3.8, 4) is 0 Å². The van der Waals surface area contributed by atoms with Crippen molar-refractivity contribution in [1.29, 1.82) is 0 Å². The Bertz CT molecular complexity index is 1110. The fraction of sp³-hybridized carbons (Fsp3) is 0.348. The molecule has 192 valence electrons. The van der Waals surface area contributed by atoms with Crippen LogP contribution in [0.1, 0.15) is 24.2 Å². The van der Waals surface area contributed by atoms with Crippen LogP contribution in [-0.4, -0.2) is 67.1 Å². The molecule has 0 bridgehead atoms. The van der Waals surface area contributed by atoms with Gasteiger partial charge in [0.2, 0.25) is 11.8 Å². The van der Waals surface area contributed by atoms with Crippen molar-refractivity contribution in [2.75, 3.05) is 36.4 Å². The van der Waals surface area contributed by atoms with Crippen molar-refractivity contribution in [2.45, 2.75) is 26.0 Å². The summed E-state index contributed by atoms with van der Waals surface area (Å²) in [5.41, 5.74) is -0.149. The molecule has 1 aromatic heterocycles. The van der Waals surface area contributed by atoms with Crippen molar-refractivity contribution in [3.05, 3.63) is 53.9 Å². The van der Waals surface area contributed by atoms with Gasteiger partial charge in [0.15, 0.2) is 11.6 Å². The summed E-state index contributed by atoms with van der Waals surface area (Å²) in [6.45, 7) is 2.94. The largest absolute Gasteiger partial charge is 0.442 e. The number of benzene rings is 1. The third kappa shape index (κ3) is 6.87. The van der Waals surface area contributed by atoms with E-state index in [0.29, 0.717) is 5.56 Å². The minimum Gasteiger partial charge on any atom is -0.442 e. The molecule has 1 fully saturated rings. The quantitative estimate of drug-likeness (QED) is 0.356. The third-order valence-corrected chi connectivity index (χ3v) is 5.18. The summed E-state index contributed by atoms with van der Waals surface area (Å²) in [5, 5.41) is 10.2. The predicted molar refractivity (Wildman–Crippen MR) is 125 cm³/mol. The Labute approximate surface area is 205 Å². The zero-order valence-electron chi connectivity index (χ0n) is 19.6. The fourth-order valence-corrected chi connectivity index (χ4v) is 3.35. The Hall–Kier alpha value is -4.29. The highest BCUT2D eigenvalue weighted by molar-refractivity contribution is 5.97. The molecule has 13 heteroatoms. The van der Waals surface area contributed by atoms with Gasteiger partial charge in [-0.25, -0.2) is 13.6 Å². The lowest BCUT2D eigenvalue weighted by molar-refractivity contribution is -0.122. The number of anilines is 2. The molecule has 0 radical (unpaired) electrons. The first-order valence-electron chi connectivity index (χ1n) is 11.1. The number of halogens is 2. The predicted octanol–water partition coefficient (Wildman–Crippen LogP) is 1.17. The molecule has 0 saturated carbocycles. The van der Waals surface area contributed by atoms with Gasteiger partial charge in [0.25, 0.3) is 5.91 Å². The molecule has 36 heavy (non-hydrogen) atoms. The summed E-state index contributed by atoms with van der Waals surface area (Å²) in [5.74, 6) is -3.11. The number of carbonyl (C=O) groups is 4. The Morgan fingerprint density at radius 2 is 1.92 bits per heavy atom. The third-order valence-electron chi connectivity index (χ3n) is 5.18. The number of nitrogens with zero attached hydrogens (tertiary/aromatic N) is 2. The van der Waals surface area contributed by atoms with E-state index in [1.165, 1.54) is 26.2 Å². The van der Waals surface area contributed by atoms with Crippen LogP contribution in [0.2, 0.25) is 0 Å². The summed E-state index contributed by atoms with van der Waals surface area (Å²) < 4.78 is 34.3. The summed E-state index contributed by atoms with van der Waals surface area (Å²) in [6.07, 6.45) is 1.46. The molecule has 3 rings (SSSR count). The molecule has 2 aromatic rings. The molecule has 0 spiro atoms. The van der Waals surface area contributed by atoms with Crippen molar-refractivity contribution in [3.63, 3.8) is 0 Å². The second-order valence-electron chi connectivity index (χ2n) is 7.99. The topological polar surface area (TPSA) is 142 Å². The molecule has 1 aliphatic heterocycles. The van der Waals surface area contributed by atoms with Gasteiger partial charge < -0.3 is 26.0 Å². The van der Waals surface area contributed by atoms with Gasteiger partial charge in [-0.1, -0.05) is 0 Å². The number of ether oxygens (including phenoxy) is 1. The van der Waals surface area contributed by atoms with Crippen LogP contribution in [0.15, 0.2) is 36.7 Å². The van der Waals surface area contributed by atoms with Gasteiger partial charge in [-0.3, -0.25) is 24.3 Å². The van der Waals surface area contributed by atoms with E-state index in [-0.39, 0.29) is 37.8 Å². The van der Waals surface area contributed by atoms with Crippen LogP contribution in [-0.2, 0) is 14.3 Å². The highest BCUT2D eigenvalue weighted by Crippen LogP contribution is 2.28. The van der Waals surface area contributed by atoms with E-state index >= 15 is 0 Å². The van der Waals surface area contributed by atoms with E-state index in [2.05, 4.69) is 26.3 Å². The lowest BCUT2D eigenvalue weighted by Gasteiger charge is -2.17. The number of cyclic esters (lactones) is 1. The second kappa shape index (κ2) is 11.9. The van der Waals surface area contributed by atoms with Gasteiger partial charge >= 0.3 is 6.09 Å². The molecule has 4 N–H and O–H groups in total. The van der Waals surface area contributed by atoms with Crippen LogP contribution < -0.4 is 26.2 Å². The number of nitrogens with one attached hydrogen (secondary N) is 4. The highest BCUT2D eigenvalue weighted by atomic mass is 19.1. The van der Waals surface area contributed by atoms with Crippen molar-refractivity contribution < 1.29 is 32.7 Å². The number of rotatable bonds is 10. The van der Waals surface area contributed by atoms with Gasteiger partial charge in [-0.2, -0.15) is 0 Å². The smallest absolute Gasteiger partial charge is 0.414 e. The first-order chi connectivity index (χ1) is 17.2. The average molecular weight is 504 g/mol. The molecule has 2 heterocycles. The number of amides is 4. The fourth-order valence-electron chi connectivity index (χ4n) is 3.35. The lowest BCUT2D eigenvalue weighted by atomic mass is 10.2. The van der Waals surface area contributed by atoms with Gasteiger partial charge in [-0.05, 0) is 19.1 Å². The average Bonchev–Trinajstić information content (AvgIpc) is 3.22. The van der Waals surface area contributed by atoms with Crippen LogP contribution in [0.4, 0.5) is 25.0 Å². The molecule has 1 aromatic carbocycles. The first kappa shape index (κ1) is 26.3. The summed E-state index contributed by atoms with van der Waals surface area (Å²) in [4.78, 5) is 52.3. The summed E-state index contributed by atoms with van der Waals surface area (Å²) >= 11 is 0. The second-order valence-corrected chi connectivity index (χ2v) is 7.99. The van der Waals surface area contributed by atoms with Crippen molar-refractivity contribution >= 4 is 35.2 Å². The first-order valence-corrected chi connectivity index (χ1v) is 11.1. The van der Waals surface area contributed by atoms with Crippen molar-refractivity contribution in [1.82, 2.24) is 20.9 Å². The summed E-state index contributed by atoms with van der Waals surface area (Å²) in [7, 11) is 0. The van der Waals surface area contributed by atoms with E-state index in [9.17, 15) is 28.0 Å². The van der Waals surface area contributed by atoms with Crippen LogP contribution in [0.25, 0.3) is 0 Å². The van der Waals surface area contributed by atoms with Crippen LogP contribution >= 0.6 is 0 Å². The highest BCUT2D eigenvalue weighted by Gasteiger charge is 2.33. The number of hydrogen-bond donors (Lipinski definition) is 4. The van der Waals surface area contributed by atoms with Crippen LogP contribution in [0.3, 0.4) is 0 Å². The number of carbonyl (C=O) groups excluding carboxylic acids is 4. The molecule has 11 nitrogen and oxygen atoms in total. The van der Waals surface area contributed by atoms with Crippen molar-refractivity contribution in [2.24, 2.45) is 0 Å². The molecule has 0 unspecified atom stereocenters. The molecule has 1 saturated heterocycles. The van der Waals surface area contributed by atoms with Crippen LogP contribution in [0.5, 0.6) is 0 Å². The molecule has 0 aliphatic carbocycles. The monoisotopic (exact) mass is 504 g/mol. The Kier molecular flexibility index (Phi) is 8.71. The van der Waals surface area contributed by atoms with Gasteiger partial charge in [0.1, 0.15) is 17.8 Å². The van der Waals surface area contributed by atoms with Gasteiger partial charge in [-0.15, -0.1) is 0 Å². The number of pyridine rings is 1. The van der Waals surface area contributed by atoms with E-state index in [4.69, 9.17) is 4.74 Å².